The van der Waals surface area contributed by atoms with Gasteiger partial charge in [-0.25, -0.2) is 0 Å². The van der Waals surface area contributed by atoms with Crippen molar-refractivity contribution in [3.8, 4) is 5.75 Å². The third kappa shape index (κ3) is 6.69. The van der Waals surface area contributed by atoms with Crippen LogP contribution in [-0.2, 0) is 11.2 Å². The van der Waals surface area contributed by atoms with E-state index >= 15 is 0 Å². The summed E-state index contributed by atoms with van der Waals surface area (Å²) in [7, 11) is 3.48. The highest BCUT2D eigenvalue weighted by Gasteiger charge is 2.25. The fraction of sp³-hybridized carbons (Fsp3) is 0.312. The predicted octanol–water partition coefficient (Wildman–Crippen LogP) is 5.62. The molecule has 1 aliphatic carbocycles. The van der Waals surface area contributed by atoms with Crippen molar-refractivity contribution in [2.45, 2.75) is 26.7 Å². The molecule has 3 aromatic rings. The molecule has 0 saturated carbocycles. The summed E-state index contributed by atoms with van der Waals surface area (Å²) in [5.74, 6) is 1.19. The highest BCUT2D eigenvalue weighted by atomic mass is 16.5. The summed E-state index contributed by atoms with van der Waals surface area (Å²) in [6, 6.07) is 19.1. The number of carbonyl (C=O) groups excluding carboxylic acids is 1. The lowest BCUT2D eigenvalue weighted by Gasteiger charge is -2.26. The first kappa shape index (κ1) is 27.1. The lowest BCUT2D eigenvalue weighted by atomic mass is 9.78. The summed E-state index contributed by atoms with van der Waals surface area (Å²) in [6.45, 7) is 6.40. The van der Waals surface area contributed by atoms with Crippen molar-refractivity contribution in [2.24, 2.45) is 5.92 Å². The average molecular weight is 511 g/mol. The predicted molar refractivity (Wildman–Crippen MR) is 156 cm³/mol. The van der Waals surface area contributed by atoms with Gasteiger partial charge in [0, 0.05) is 44.5 Å². The van der Waals surface area contributed by atoms with Crippen molar-refractivity contribution >= 4 is 23.1 Å². The van der Waals surface area contributed by atoms with E-state index in [4.69, 9.17) is 4.74 Å². The minimum absolute atomic E-state index is 0.0151. The fourth-order valence-electron chi connectivity index (χ4n) is 4.79. The van der Waals surface area contributed by atoms with Gasteiger partial charge in [0.05, 0.1) is 6.20 Å². The topological polar surface area (TPSA) is 70.2 Å². The van der Waals surface area contributed by atoms with Crippen molar-refractivity contribution in [2.75, 3.05) is 33.8 Å². The quantitative estimate of drug-likeness (QED) is 0.200. The molecule has 0 saturated heterocycles. The average Bonchev–Trinajstić information content (AvgIpc) is 3.38. The maximum absolute atomic E-state index is 11.6. The fourth-order valence-corrected chi connectivity index (χ4v) is 4.79. The summed E-state index contributed by atoms with van der Waals surface area (Å²) < 4.78 is 5.98. The van der Waals surface area contributed by atoms with Crippen LogP contribution in [0.15, 0.2) is 78.5 Å². The number of hydrogen-bond acceptors (Lipinski definition) is 4. The molecule has 1 unspecified atom stereocenters. The summed E-state index contributed by atoms with van der Waals surface area (Å²) in [5.41, 5.74) is 8.81. The second-order valence-electron chi connectivity index (χ2n) is 9.79. The number of fused-ring (bicyclic) bond motifs is 1. The molecule has 0 bridgehead atoms. The number of H-pyrrole nitrogens is 1. The number of likely N-dealkylation sites (N-methyl/N-ethyl adjacent to an activating group) is 1. The molecule has 38 heavy (non-hydrogen) atoms. The van der Waals surface area contributed by atoms with E-state index in [1.165, 1.54) is 39.1 Å². The van der Waals surface area contributed by atoms with Crippen molar-refractivity contribution in [3.63, 3.8) is 0 Å². The zero-order valence-electron chi connectivity index (χ0n) is 22.8. The van der Waals surface area contributed by atoms with Crippen LogP contribution in [0.4, 0.5) is 0 Å². The highest BCUT2D eigenvalue weighted by molar-refractivity contribution is 6.01. The molecule has 198 valence electrons. The number of nitrogens with one attached hydrogen (secondary N) is 2. The van der Waals surface area contributed by atoms with E-state index < -0.39 is 0 Å². The monoisotopic (exact) mass is 510 g/mol. The van der Waals surface area contributed by atoms with E-state index in [1.54, 1.807) is 25.1 Å². The second kappa shape index (κ2) is 13.1. The van der Waals surface area contributed by atoms with E-state index in [-0.39, 0.29) is 5.91 Å². The van der Waals surface area contributed by atoms with Crippen molar-refractivity contribution in [3.05, 3.63) is 101 Å². The number of ether oxygens (including phenoxy) is 1. The molecule has 0 spiro atoms. The Morgan fingerprint density at radius 1 is 1.13 bits per heavy atom. The van der Waals surface area contributed by atoms with E-state index in [0.29, 0.717) is 25.6 Å². The van der Waals surface area contributed by atoms with Gasteiger partial charge in [-0.2, -0.15) is 5.10 Å². The molecule has 6 heteroatoms. The van der Waals surface area contributed by atoms with Gasteiger partial charge in [-0.3, -0.25) is 9.89 Å². The van der Waals surface area contributed by atoms with Crippen LogP contribution in [0, 0.1) is 5.92 Å². The van der Waals surface area contributed by atoms with Crippen LogP contribution in [-0.4, -0.2) is 54.8 Å². The molecule has 1 heterocycles. The maximum Gasteiger partial charge on any atom is 0.245 e. The Balaban J connectivity index is 1.51. The molecule has 2 aromatic carbocycles. The number of benzene rings is 2. The van der Waals surface area contributed by atoms with Gasteiger partial charge in [0.25, 0.3) is 0 Å². The molecule has 1 aliphatic rings. The minimum Gasteiger partial charge on any atom is -0.492 e. The molecule has 0 fully saturated rings. The third-order valence-electron chi connectivity index (χ3n) is 6.82. The van der Waals surface area contributed by atoms with Gasteiger partial charge in [0.2, 0.25) is 5.91 Å². The Labute approximate surface area is 226 Å². The smallest absolute Gasteiger partial charge is 0.245 e. The van der Waals surface area contributed by atoms with Crippen LogP contribution < -0.4 is 10.1 Å². The Morgan fingerprint density at radius 3 is 2.61 bits per heavy atom. The van der Waals surface area contributed by atoms with Gasteiger partial charge >= 0.3 is 0 Å². The van der Waals surface area contributed by atoms with Crippen LogP contribution >= 0.6 is 0 Å². The number of hydrogen-bond donors (Lipinski definition) is 2. The van der Waals surface area contributed by atoms with E-state index in [2.05, 4.69) is 90.0 Å². The van der Waals surface area contributed by atoms with Crippen molar-refractivity contribution in [1.29, 1.82) is 0 Å². The molecule has 0 radical (unpaired) electrons. The van der Waals surface area contributed by atoms with Gasteiger partial charge in [0.15, 0.2) is 0 Å². The van der Waals surface area contributed by atoms with Crippen LogP contribution in [0.2, 0.25) is 0 Å². The number of carbonyl (C=O) groups is 1. The molecule has 0 aliphatic heterocycles. The maximum atomic E-state index is 11.6. The highest BCUT2D eigenvalue weighted by Crippen LogP contribution is 2.41. The number of amides is 1. The third-order valence-corrected chi connectivity index (χ3v) is 6.82. The molecule has 2 N–H and O–H groups in total. The summed E-state index contributed by atoms with van der Waals surface area (Å²) >= 11 is 0. The lowest BCUT2D eigenvalue weighted by molar-refractivity contribution is -0.123. The van der Waals surface area contributed by atoms with Crippen LogP contribution in [0.1, 0.15) is 42.7 Å². The molecule has 1 amide bonds. The van der Waals surface area contributed by atoms with Gasteiger partial charge in [-0.05, 0) is 64.8 Å². The van der Waals surface area contributed by atoms with Gasteiger partial charge in [0.1, 0.15) is 12.4 Å². The molecule has 4 rings (SSSR count). The van der Waals surface area contributed by atoms with Crippen LogP contribution in [0.5, 0.6) is 5.75 Å². The molecular weight excluding hydrogens is 472 g/mol. The Hall–Kier alpha value is -3.90. The first-order chi connectivity index (χ1) is 18.5. The zero-order valence-corrected chi connectivity index (χ0v) is 22.8. The molecular formula is C32H38N4O2. The lowest BCUT2D eigenvalue weighted by Crippen LogP contribution is -2.22. The summed E-state index contributed by atoms with van der Waals surface area (Å²) in [6.07, 6.45) is 9.51. The Bertz CT molecular complexity index is 1300. The Kier molecular flexibility index (Phi) is 9.33. The molecule has 1 atom stereocenters. The summed E-state index contributed by atoms with van der Waals surface area (Å²) in [5, 5.41) is 10.7. The number of aromatic amines is 1. The minimum atomic E-state index is -0.0151. The van der Waals surface area contributed by atoms with Crippen LogP contribution in [0.3, 0.4) is 0 Å². The number of nitrogens with zero attached hydrogens (tertiary/aromatic N) is 2. The zero-order chi connectivity index (χ0) is 26.9. The number of rotatable bonds is 11. The molecule has 6 nitrogen and oxygen atoms in total. The van der Waals surface area contributed by atoms with Crippen LogP contribution in [0.25, 0.3) is 17.2 Å². The first-order valence-corrected chi connectivity index (χ1v) is 13.3. The second-order valence-corrected chi connectivity index (χ2v) is 9.79. The number of aromatic nitrogens is 2. The summed E-state index contributed by atoms with van der Waals surface area (Å²) in [4.78, 5) is 13.1. The number of allylic oxidation sites excluding steroid dienone is 3. The van der Waals surface area contributed by atoms with E-state index in [1.807, 2.05) is 12.3 Å². The standard InChI is InChI=1S/C32H38N4O2/c1-5-28(24-10-7-6-8-11-24)32(29-21-26-22-34-35-30(26)20-23(29)2)25-13-15-27(16-14-25)38-19-18-33-17-9-12-31(37)36(3)4/h6-16,21-23,33H,5,17-20H2,1-4H3,(H,34,35)/b12-9+,32-28+. The van der Waals surface area contributed by atoms with Gasteiger partial charge < -0.3 is 15.0 Å². The van der Waals surface area contributed by atoms with Gasteiger partial charge in [-0.1, -0.05) is 62.4 Å². The van der Waals surface area contributed by atoms with Gasteiger partial charge in [-0.15, -0.1) is 0 Å². The first-order valence-electron chi connectivity index (χ1n) is 13.3. The largest absolute Gasteiger partial charge is 0.492 e. The SMILES string of the molecule is CC/C(=C(\C1=Cc2cn[nH]c2CC1C)c1ccc(OCCNC/C=C/C(=O)N(C)C)cc1)c1ccccc1. The van der Waals surface area contributed by atoms with Crippen molar-refractivity contribution < 1.29 is 9.53 Å². The normalized spacial score (nSPS) is 15.6. The van der Waals surface area contributed by atoms with E-state index in [0.717, 1.165) is 18.6 Å². The Morgan fingerprint density at radius 2 is 1.89 bits per heavy atom. The van der Waals surface area contributed by atoms with E-state index in [9.17, 15) is 4.79 Å². The molecule has 1 aromatic heterocycles. The van der Waals surface area contributed by atoms with Crippen molar-refractivity contribution in [1.82, 2.24) is 20.4 Å².